The molecule has 4 aliphatic rings. The van der Waals surface area contributed by atoms with Gasteiger partial charge in [0, 0.05) is 0 Å². The first kappa shape index (κ1) is 19.2. The van der Waals surface area contributed by atoms with Crippen molar-refractivity contribution in [1.82, 2.24) is 0 Å². The molecule has 9 atom stereocenters. The van der Waals surface area contributed by atoms with Crippen LogP contribution in [-0.2, 0) is 0 Å². The van der Waals surface area contributed by atoms with Gasteiger partial charge in [-0.05, 0) is 85.9 Å². The Morgan fingerprint density at radius 3 is 2.62 bits per heavy atom. The van der Waals surface area contributed by atoms with Gasteiger partial charge in [0.1, 0.15) is 0 Å². The maximum Gasteiger partial charge on any atom is 0.0710 e. The van der Waals surface area contributed by atoms with Crippen LogP contribution >= 0.6 is 0 Å². The summed E-state index contributed by atoms with van der Waals surface area (Å²) >= 11 is 0. The van der Waals surface area contributed by atoms with E-state index < -0.39 is 5.60 Å². The number of rotatable bonds is 4. The highest BCUT2D eigenvalue weighted by Crippen LogP contribution is 2.65. The molecule has 0 aromatic heterocycles. The topological polar surface area (TPSA) is 40.5 Å². The summed E-state index contributed by atoms with van der Waals surface area (Å²) in [7, 11) is 0. The third-order valence-electron chi connectivity index (χ3n) is 9.83. The molecule has 2 nitrogen and oxygen atoms in total. The minimum atomic E-state index is -0.493. The molecule has 0 heterocycles. The summed E-state index contributed by atoms with van der Waals surface area (Å²) in [6, 6.07) is 0. The lowest BCUT2D eigenvalue weighted by Gasteiger charge is -2.61. The Hall–Kier alpha value is -0.0800. The van der Waals surface area contributed by atoms with Crippen LogP contribution in [-0.4, -0.2) is 21.9 Å². The fourth-order valence-electron chi connectivity index (χ4n) is 8.45. The van der Waals surface area contributed by atoms with Crippen LogP contribution in [0.4, 0.5) is 0 Å². The molecule has 150 valence electrons. The highest BCUT2D eigenvalue weighted by Gasteiger charge is 2.63. The van der Waals surface area contributed by atoms with Crippen LogP contribution in [0.1, 0.15) is 97.8 Å². The van der Waals surface area contributed by atoms with E-state index in [1.54, 1.807) is 0 Å². The van der Waals surface area contributed by atoms with E-state index in [1.807, 2.05) is 0 Å². The van der Waals surface area contributed by atoms with E-state index in [0.717, 1.165) is 31.6 Å². The fourth-order valence-corrected chi connectivity index (χ4v) is 8.45. The van der Waals surface area contributed by atoms with Gasteiger partial charge < -0.3 is 10.2 Å². The molecule has 4 aliphatic carbocycles. The molecule has 0 radical (unpaired) electrons. The third-order valence-corrected chi connectivity index (χ3v) is 9.83. The molecular formula is C24H42O2. The number of aliphatic hydroxyl groups excluding tert-OH is 1. The van der Waals surface area contributed by atoms with Crippen molar-refractivity contribution >= 4 is 0 Å². The molecule has 4 rings (SSSR count). The average Bonchev–Trinajstić information content (AvgIpc) is 2.97. The minimum Gasteiger partial charge on any atom is -0.393 e. The highest BCUT2D eigenvalue weighted by molar-refractivity contribution is 5.13. The summed E-state index contributed by atoms with van der Waals surface area (Å²) in [5, 5.41) is 23.0. The van der Waals surface area contributed by atoms with Crippen LogP contribution in [0.25, 0.3) is 0 Å². The summed E-state index contributed by atoms with van der Waals surface area (Å²) in [6.07, 6.45) is 14.5. The predicted molar refractivity (Wildman–Crippen MR) is 107 cm³/mol. The van der Waals surface area contributed by atoms with Crippen LogP contribution in [0.5, 0.6) is 0 Å². The summed E-state index contributed by atoms with van der Waals surface area (Å²) in [5.41, 5.74) is -0.0669. The van der Waals surface area contributed by atoms with E-state index in [9.17, 15) is 10.2 Å². The van der Waals surface area contributed by atoms with Crippen molar-refractivity contribution in [1.29, 1.82) is 0 Å². The zero-order valence-electron chi connectivity index (χ0n) is 17.4. The summed E-state index contributed by atoms with van der Waals surface area (Å²) in [6.45, 7) is 7.19. The molecular weight excluding hydrogens is 320 g/mol. The van der Waals surface area contributed by atoms with Crippen molar-refractivity contribution in [3.05, 3.63) is 0 Å². The number of hydrogen-bond donors (Lipinski definition) is 2. The third kappa shape index (κ3) is 2.81. The van der Waals surface area contributed by atoms with Crippen molar-refractivity contribution in [3.63, 3.8) is 0 Å². The normalized spacial score (nSPS) is 52.0. The largest absolute Gasteiger partial charge is 0.393 e. The maximum absolute atomic E-state index is 11.9. The zero-order chi connectivity index (χ0) is 18.5. The van der Waals surface area contributed by atoms with Gasteiger partial charge in [-0.1, -0.05) is 52.9 Å². The Morgan fingerprint density at radius 2 is 1.85 bits per heavy atom. The van der Waals surface area contributed by atoms with Crippen LogP contribution < -0.4 is 0 Å². The standard InChI is InChI=1S/C24H42O2/c1-4-5-8-16(2)18-10-11-20-22-19(12-14-24(18,20)26)23(3)13-7-6-9-17(23)15-21(22)25/h16-22,25-26H,4-15H2,1-3H3. The van der Waals surface area contributed by atoms with E-state index in [2.05, 4.69) is 20.8 Å². The lowest BCUT2D eigenvalue weighted by molar-refractivity contribution is -0.194. The molecule has 0 amide bonds. The molecule has 4 saturated carbocycles. The molecule has 0 aromatic carbocycles. The predicted octanol–water partition coefficient (Wildman–Crippen LogP) is 5.56. The second-order valence-corrected chi connectivity index (χ2v) is 10.9. The lowest BCUT2D eigenvalue weighted by atomic mass is 9.45. The Bertz CT molecular complexity index is 504. The molecule has 9 unspecified atom stereocenters. The molecule has 0 bridgehead atoms. The van der Waals surface area contributed by atoms with Crippen LogP contribution in [0.15, 0.2) is 0 Å². The van der Waals surface area contributed by atoms with Crippen molar-refractivity contribution < 1.29 is 10.2 Å². The molecule has 0 aromatic rings. The van der Waals surface area contributed by atoms with Crippen molar-refractivity contribution in [2.24, 2.45) is 40.9 Å². The number of unbranched alkanes of at least 4 members (excludes halogenated alkanes) is 1. The van der Waals surface area contributed by atoms with Gasteiger partial charge in [0.2, 0.25) is 0 Å². The van der Waals surface area contributed by atoms with Gasteiger partial charge in [-0.2, -0.15) is 0 Å². The Labute approximate surface area is 161 Å². The van der Waals surface area contributed by atoms with E-state index in [-0.39, 0.29) is 6.10 Å². The number of fused-ring (bicyclic) bond motifs is 5. The van der Waals surface area contributed by atoms with Crippen molar-refractivity contribution in [2.75, 3.05) is 0 Å². The van der Waals surface area contributed by atoms with Gasteiger partial charge >= 0.3 is 0 Å². The lowest BCUT2D eigenvalue weighted by Crippen LogP contribution is -2.60. The average molecular weight is 363 g/mol. The second kappa shape index (κ2) is 7.07. The SMILES string of the molecule is CCCCC(C)C1CCC2C3C(O)CC4CCCCC4(C)C3CCC12O. The smallest absolute Gasteiger partial charge is 0.0710 e. The van der Waals surface area contributed by atoms with Gasteiger partial charge in [-0.15, -0.1) is 0 Å². The van der Waals surface area contributed by atoms with Gasteiger partial charge in [0.25, 0.3) is 0 Å². The van der Waals surface area contributed by atoms with Gasteiger partial charge in [-0.25, -0.2) is 0 Å². The molecule has 2 heteroatoms. The van der Waals surface area contributed by atoms with E-state index >= 15 is 0 Å². The molecule has 0 spiro atoms. The molecule has 0 aliphatic heterocycles. The van der Waals surface area contributed by atoms with E-state index in [4.69, 9.17) is 0 Å². The van der Waals surface area contributed by atoms with Gasteiger partial charge in [-0.3, -0.25) is 0 Å². The summed E-state index contributed by atoms with van der Waals surface area (Å²) in [5.74, 6) is 3.16. The molecule has 2 N–H and O–H groups in total. The van der Waals surface area contributed by atoms with E-state index in [1.165, 1.54) is 51.4 Å². The summed E-state index contributed by atoms with van der Waals surface area (Å²) < 4.78 is 0. The van der Waals surface area contributed by atoms with E-state index in [0.29, 0.717) is 35.0 Å². The molecule has 0 saturated heterocycles. The molecule has 26 heavy (non-hydrogen) atoms. The molecule has 4 fully saturated rings. The van der Waals surface area contributed by atoms with Crippen LogP contribution in [0.3, 0.4) is 0 Å². The van der Waals surface area contributed by atoms with Crippen LogP contribution in [0.2, 0.25) is 0 Å². The monoisotopic (exact) mass is 362 g/mol. The first-order valence-electron chi connectivity index (χ1n) is 11.8. The first-order valence-corrected chi connectivity index (χ1v) is 11.8. The summed E-state index contributed by atoms with van der Waals surface area (Å²) in [4.78, 5) is 0. The highest BCUT2D eigenvalue weighted by atomic mass is 16.3. The first-order chi connectivity index (χ1) is 12.4. The Balaban J connectivity index is 1.58. The van der Waals surface area contributed by atoms with Crippen molar-refractivity contribution in [3.8, 4) is 0 Å². The van der Waals surface area contributed by atoms with Gasteiger partial charge in [0.15, 0.2) is 0 Å². The Morgan fingerprint density at radius 1 is 1.04 bits per heavy atom. The van der Waals surface area contributed by atoms with Gasteiger partial charge in [0.05, 0.1) is 11.7 Å². The Kier molecular flexibility index (Phi) is 5.23. The maximum atomic E-state index is 11.9. The minimum absolute atomic E-state index is 0.169. The second-order valence-electron chi connectivity index (χ2n) is 10.9. The fraction of sp³-hybridized carbons (Fsp3) is 1.00. The van der Waals surface area contributed by atoms with Crippen LogP contribution in [0, 0.1) is 40.9 Å². The van der Waals surface area contributed by atoms with Crippen molar-refractivity contribution in [2.45, 2.75) is 110 Å². The zero-order valence-corrected chi connectivity index (χ0v) is 17.4. The number of aliphatic hydroxyl groups is 2. The quantitative estimate of drug-likeness (QED) is 0.687. The number of hydrogen-bond acceptors (Lipinski definition) is 2.